The maximum absolute atomic E-state index is 11.2. The maximum atomic E-state index is 11.2. The highest BCUT2D eigenvalue weighted by molar-refractivity contribution is 7.88. The fraction of sp³-hybridized carbons (Fsp3) is 0.625. The van der Waals surface area contributed by atoms with E-state index in [1.807, 2.05) is 13.8 Å². The standard InChI is InChI=1S/C8H14O2S/c1-4-5-11(10)8(3)6-7(2)9/h4-5,8H,6H2,1-3H3/b5-4+. The lowest BCUT2D eigenvalue weighted by Gasteiger charge is -2.03. The average molecular weight is 174 g/mol. The van der Waals surface area contributed by atoms with Crippen molar-refractivity contribution in [1.82, 2.24) is 0 Å². The second kappa shape index (κ2) is 5.24. The molecule has 0 amide bonds. The van der Waals surface area contributed by atoms with Gasteiger partial charge in [-0.15, -0.1) is 0 Å². The minimum absolute atomic E-state index is 0.0521. The van der Waals surface area contributed by atoms with Gasteiger partial charge in [0, 0.05) is 22.5 Å². The largest absolute Gasteiger partial charge is 0.300 e. The summed E-state index contributed by atoms with van der Waals surface area (Å²) in [5.74, 6) is 0.0929. The summed E-state index contributed by atoms with van der Waals surface area (Å²) in [4.78, 5) is 10.6. The Labute approximate surface area is 70.1 Å². The molecule has 0 aromatic heterocycles. The lowest BCUT2D eigenvalue weighted by Crippen LogP contribution is -2.12. The summed E-state index contributed by atoms with van der Waals surface area (Å²) in [6, 6.07) is 0. The van der Waals surface area contributed by atoms with Gasteiger partial charge in [0.1, 0.15) is 5.78 Å². The van der Waals surface area contributed by atoms with Gasteiger partial charge in [0.25, 0.3) is 0 Å². The van der Waals surface area contributed by atoms with E-state index in [9.17, 15) is 9.00 Å². The number of Topliss-reactive ketones (excluding diaryl/α,β-unsaturated/α-hetero) is 1. The lowest BCUT2D eigenvalue weighted by molar-refractivity contribution is -0.116. The average Bonchev–Trinajstić information content (AvgIpc) is 1.86. The number of carbonyl (C=O) groups excluding carboxylic acids is 1. The van der Waals surface area contributed by atoms with Crippen LogP contribution in [0.3, 0.4) is 0 Å². The molecule has 0 rings (SSSR count). The van der Waals surface area contributed by atoms with Crippen LogP contribution in [-0.2, 0) is 15.6 Å². The molecule has 11 heavy (non-hydrogen) atoms. The van der Waals surface area contributed by atoms with Gasteiger partial charge in [-0.1, -0.05) is 13.0 Å². The van der Waals surface area contributed by atoms with Crippen molar-refractivity contribution in [3.8, 4) is 0 Å². The highest BCUT2D eigenvalue weighted by atomic mass is 32.2. The van der Waals surface area contributed by atoms with E-state index in [0.29, 0.717) is 6.42 Å². The van der Waals surface area contributed by atoms with Gasteiger partial charge in [0.05, 0.1) is 0 Å². The predicted octanol–water partition coefficient (Wildman–Crippen LogP) is 1.64. The van der Waals surface area contributed by atoms with Crippen LogP contribution in [-0.4, -0.2) is 15.2 Å². The van der Waals surface area contributed by atoms with E-state index in [1.165, 1.54) is 6.92 Å². The predicted molar refractivity (Wildman–Crippen MR) is 47.7 cm³/mol. The summed E-state index contributed by atoms with van der Waals surface area (Å²) in [7, 11) is -0.987. The zero-order valence-electron chi connectivity index (χ0n) is 7.16. The van der Waals surface area contributed by atoms with Crippen molar-refractivity contribution in [3.63, 3.8) is 0 Å². The second-order valence-electron chi connectivity index (χ2n) is 2.51. The third-order valence-electron chi connectivity index (χ3n) is 1.24. The summed E-state index contributed by atoms with van der Waals surface area (Å²) < 4.78 is 11.2. The molecule has 0 aromatic carbocycles. The second-order valence-corrected chi connectivity index (χ2v) is 4.25. The molecule has 0 aliphatic heterocycles. The van der Waals surface area contributed by atoms with Crippen molar-refractivity contribution < 1.29 is 9.00 Å². The summed E-state index contributed by atoms with van der Waals surface area (Å²) in [6.07, 6.45) is 2.14. The van der Waals surface area contributed by atoms with Gasteiger partial charge in [0.2, 0.25) is 0 Å². The first-order valence-corrected chi connectivity index (χ1v) is 4.87. The Bertz CT molecular complexity index is 185. The zero-order chi connectivity index (χ0) is 8.85. The van der Waals surface area contributed by atoms with Gasteiger partial charge in [-0.25, -0.2) is 0 Å². The first-order valence-electron chi connectivity index (χ1n) is 3.59. The van der Waals surface area contributed by atoms with Crippen molar-refractivity contribution in [1.29, 1.82) is 0 Å². The van der Waals surface area contributed by atoms with E-state index in [-0.39, 0.29) is 11.0 Å². The third-order valence-corrected chi connectivity index (χ3v) is 2.74. The van der Waals surface area contributed by atoms with Crippen molar-refractivity contribution >= 4 is 16.6 Å². The topological polar surface area (TPSA) is 34.1 Å². The molecule has 64 valence electrons. The number of carbonyl (C=O) groups is 1. The fourth-order valence-electron chi connectivity index (χ4n) is 0.755. The Balaban J connectivity index is 3.92. The first-order chi connectivity index (χ1) is 5.07. The van der Waals surface area contributed by atoms with E-state index in [4.69, 9.17) is 0 Å². The van der Waals surface area contributed by atoms with Crippen LogP contribution in [0, 0.1) is 0 Å². The van der Waals surface area contributed by atoms with Crippen LogP contribution in [0.2, 0.25) is 0 Å². The highest BCUT2D eigenvalue weighted by Gasteiger charge is 2.09. The van der Waals surface area contributed by atoms with Crippen LogP contribution < -0.4 is 0 Å². The minimum Gasteiger partial charge on any atom is -0.300 e. The SMILES string of the molecule is C/C=C/S(=O)C(C)CC(C)=O. The molecule has 3 heteroatoms. The van der Waals surface area contributed by atoms with Crippen LogP contribution in [0.5, 0.6) is 0 Å². The number of hydrogen-bond acceptors (Lipinski definition) is 2. The van der Waals surface area contributed by atoms with Crippen LogP contribution >= 0.6 is 0 Å². The van der Waals surface area contributed by atoms with Gasteiger partial charge in [0.15, 0.2) is 0 Å². The molecule has 0 N–H and O–H groups in total. The Morgan fingerprint density at radius 3 is 2.55 bits per heavy atom. The van der Waals surface area contributed by atoms with Crippen LogP contribution in [0.25, 0.3) is 0 Å². The van der Waals surface area contributed by atoms with E-state index < -0.39 is 10.8 Å². The molecule has 2 nitrogen and oxygen atoms in total. The highest BCUT2D eigenvalue weighted by Crippen LogP contribution is 2.03. The molecule has 0 aromatic rings. The van der Waals surface area contributed by atoms with Crippen LogP contribution in [0.15, 0.2) is 11.5 Å². The fourth-order valence-corrected chi connectivity index (χ4v) is 1.69. The van der Waals surface area contributed by atoms with E-state index >= 15 is 0 Å². The summed E-state index contributed by atoms with van der Waals surface area (Å²) in [6.45, 7) is 5.15. The number of allylic oxidation sites excluding steroid dienone is 1. The van der Waals surface area contributed by atoms with Gasteiger partial charge >= 0.3 is 0 Å². The van der Waals surface area contributed by atoms with Crippen LogP contribution in [0.1, 0.15) is 27.2 Å². The van der Waals surface area contributed by atoms with E-state index in [2.05, 4.69) is 0 Å². The van der Waals surface area contributed by atoms with E-state index in [1.54, 1.807) is 11.5 Å². The number of ketones is 1. The van der Waals surface area contributed by atoms with Crippen molar-refractivity contribution in [2.24, 2.45) is 0 Å². The van der Waals surface area contributed by atoms with Crippen LogP contribution in [0.4, 0.5) is 0 Å². The Morgan fingerprint density at radius 1 is 1.64 bits per heavy atom. The Hall–Kier alpha value is -0.440. The summed E-state index contributed by atoms with van der Waals surface area (Å²) in [5.41, 5.74) is 0. The molecular weight excluding hydrogens is 160 g/mol. The molecule has 2 atom stereocenters. The molecule has 0 aliphatic rings. The molecule has 0 radical (unpaired) electrons. The minimum atomic E-state index is -0.987. The lowest BCUT2D eigenvalue weighted by atomic mass is 10.2. The molecule has 0 bridgehead atoms. The Kier molecular flexibility index (Phi) is 5.03. The number of rotatable bonds is 4. The third kappa shape index (κ3) is 4.90. The summed E-state index contributed by atoms with van der Waals surface area (Å²) >= 11 is 0. The molecule has 0 saturated heterocycles. The Morgan fingerprint density at radius 2 is 2.18 bits per heavy atom. The summed E-state index contributed by atoms with van der Waals surface area (Å²) in [5, 5.41) is 1.57. The van der Waals surface area contributed by atoms with Gasteiger partial charge in [-0.05, 0) is 19.3 Å². The van der Waals surface area contributed by atoms with Gasteiger partial charge in [-0.3, -0.25) is 9.00 Å². The first kappa shape index (κ1) is 10.6. The molecular formula is C8H14O2S. The molecule has 0 fully saturated rings. The zero-order valence-corrected chi connectivity index (χ0v) is 7.98. The molecule has 0 spiro atoms. The van der Waals surface area contributed by atoms with Gasteiger partial charge in [-0.2, -0.15) is 0 Å². The molecule has 0 saturated carbocycles. The molecule has 0 aliphatic carbocycles. The quantitative estimate of drug-likeness (QED) is 0.649. The molecule has 0 heterocycles. The molecule has 2 unspecified atom stereocenters. The number of hydrogen-bond donors (Lipinski definition) is 0. The normalized spacial score (nSPS) is 16.6. The maximum Gasteiger partial charge on any atom is 0.131 e. The van der Waals surface area contributed by atoms with Crippen molar-refractivity contribution in [2.45, 2.75) is 32.4 Å². The van der Waals surface area contributed by atoms with Gasteiger partial charge < -0.3 is 0 Å². The van der Waals surface area contributed by atoms with E-state index in [0.717, 1.165) is 0 Å². The monoisotopic (exact) mass is 174 g/mol. The van der Waals surface area contributed by atoms with Crippen molar-refractivity contribution in [3.05, 3.63) is 11.5 Å². The smallest absolute Gasteiger partial charge is 0.131 e. The van der Waals surface area contributed by atoms with Crippen molar-refractivity contribution in [2.75, 3.05) is 0 Å².